The topological polar surface area (TPSA) is 66.8 Å². The maximum atomic E-state index is 12.5. The largest absolute Gasteiger partial charge is 0.480 e. The number of carboxylic acids is 1. The normalized spacial score (nSPS) is 23.8. The fourth-order valence-electron chi connectivity index (χ4n) is 1.72. The highest BCUT2D eigenvalue weighted by Crippen LogP contribution is 2.36. The first-order valence-corrected chi connectivity index (χ1v) is 5.11. The van der Waals surface area contributed by atoms with Gasteiger partial charge in [-0.15, -0.1) is 0 Å². The number of amides is 1. The average molecular weight is 267 g/mol. The van der Waals surface area contributed by atoms with E-state index in [1.54, 1.807) is 0 Å². The fourth-order valence-corrected chi connectivity index (χ4v) is 1.72. The summed E-state index contributed by atoms with van der Waals surface area (Å²) in [6.45, 7) is 2.40. The second-order valence-electron chi connectivity index (χ2n) is 3.85. The molecule has 0 bridgehead atoms. The molecule has 1 fully saturated rings. The van der Waals surface area contributed by atoms with Gasteiger partial charge < -0.3 is 9.84 Å². The Morgan fingerprint density at radius 1 is 1.50 bits per heavy atom. The van der Waals surface area contributed by atoms with E-state index in [1.165, 1.54) is 6.08 Å². The summed E-state index contributed by atoms with van der Waals surface area (Å²) in [5, 5.41) is 8.80. The number of hydrogen-bond acceptors (Lipinski definition) is 3. The standard InChI is InChI=1S/C10H12F3NO4/c1-2-3-18-9(17)14-5-6(10(11,12)13)4-7(14)8(15)16/h2,6-7H,1,3-5H2,(H,15,16)/t6-,7-/m0/s1. The minimum Gasteiger partial charge on any atom is -0.480 e. The van der Waals surface area contributed by atoms with E-state index >= 15 is 0 Å². The predicted molar refractivity (Wildman–Crippen MR) is 53.8 cm³/mol. The van der Waals surface area contributed by atoms with Gasteiger partial charge in [-0.3, -0.25) is 4.90 Å². The van der Waals surface area contributed by atoms with Gasteiger partial charge >= 0.3 is 18.2 Å². The summed E-state index contributed by atoms with van der Waals surface area (Å²) in [4.78, 5) is 22.8. The lowest BCUT2D eigenvalue weighted by Crippen LogP contribution is -2.41. The van der Waals surface area contributed by atoms with Crippen LogP contribution in [0.2, 0.25) is 0 Å². The van der Waals surface area contributed by atoms with Gasteiger partial charge in [-0.2, -0.15) is 13.2 Å². The third kappa shape index (κ3) is 3.14. The first-order chi connectivity index (χ1) is 8.27. The lowest BCUT2D eigenvalue weighted by atomic mass is 10.1. The summed E-state index contributed by atoms with van der Waals surface area (Å²) in [6.07, 6.45) is -5.01. The smallest absolute Gasteiger partial charge is 0.410 e. The van der Waals surface area contributed by atoms with Crippen LogP contribution in [0.15, 0.2) is 12.7 Å². The van der Waals surface area contributed by atoms with E-state index in [-0.39, 0.29) is 6.61 Å². The highest BCUT2D eigenvalue weighted by atomic mass is 19.4. The van der Waals surface area contributed by atoms with Gasteiger partial charge in [0.15, 0.2) is 0 Å². The van der Waals surface area contributed by atoms with Crippen LogP contribution in [0.1, 0.15) is 6.42 Å². The number of hydrogen-bond donors (Lipinski definition) is 1. The first kappa shape index (κ1) is 14.3. The predicted octanol–water partition coefficient (Wildman–Crippen LogP) is 1.65. The molecule has 0 aromatic rings. The zero-order chi connectivity index (χ0) is 13.9. The number of likely N-dealkylation sites (tertiary alicyclic amines) is 1. The van der Waals surface area contributed by atoms with Crippen molar-refractivity contribution in [2.75, 3.05) is 13.2 Å². The van der Waals surface area contributed by atoms with Crippen molar-refractivity contribution in [3.05, 3.63) is 12.7 Å². The summed E-state index contributed by atoms with van der Waals surface area (Å²) in [5.41, 5.74) is 0. The lowest BCUT2D eigenvalue weighted by Gasteiger charge is -2.20. The number of carboxylic acid groups (broad SMARTS) is 1. The Morgan fingerprint density at radius 3 is 2.56 bits per heavy atom. The van der Waals surface area contributed by atoms with Crippen LogP contribution in [0, 0.1) is 5.92 Å². The van der Waals surface area contributed by atoms with E-state index in [9.17, 15) is 22.8 Å². The number of carbonyl (C=O) groups excluding carboxylic acids is 1. The molecule has 1 amide bonds. The number of carbonyl (C=O) groups is 2. The lowest BCUT2D eigenvalue weighted by molar-refractivity contribution is -0.170. The molecule has 5 nitrogen and oxygen atoms in total. The monoisotopic (exact) mass is 267 g/mol. The van der Waals surface area contributed by atoms with Gasteiger partial charge in [0.25, 0.3) is 0 Å². The third-order valence-corrected chi connectivity index (χ3v) is 2.61. The Kier molecular flexibility index (Phi) is 4.20. The summed E-state index contributed by atoms with van der Waals surface area (Å²) in [5.74, 6) is -3.31. The molecule has 0 aromatic heterocycles. The van der Waals surface area contributed by atoms with Crippen molar-refractivity contribution in [1.82, 2.24) is 4.90 Å². The Hall–Kier alpha value is -1.73. The van der Waals surface area contributed by atoms with Crippen molar-refractivity contribution in [1.29, 1.82) is 0 Å². The SMILES string of the molecule is C=CCOC(=O)N1C[C@@H](C(F)(F)F)C[C@H]1C(=O)O. The van der Waals surface area contributed by atoms with Gasteiger partial charge in [0, 0.05) is 6.54 Å². The van der Waals surface area contributed by atoms with Crippen molar-refractivity contribution < 1.29 is 32.6 Å². The molecule has 1 aliphatic heterocycles. The van der Waals surface area contributed by atoms with Crippen molar-refractivity contribution in [2.24, 2.45) is 5.92 Å². The molecule has 18 heavy (non-hydrogen) atoms. The van der Waals surface area contributed by atoms with Gasteiger partial charge in [0.1, 0.15) is 12.6 Å². The highest BCUT2D eigenvalue weighted by Gasteiger charge is 2.51. The van der Waals surface area contributed by atoms with Crippen molar-refractivity contribution in [2.45, 2.75) is 18.6 Å². The van der Waals surface area contributed by atoms with E-state index in [0.29, 0.717) is 4.90 Å². The number of aliphatic carboxylic acids is 1. The van der Waals surface area contributed by atoms with E-state index in [2.05, 4.69) is 11.3 Å². The van der Waals surface area contributed by atoms with Crippen LogP contribution in [0.3, 0.4) is 0 Å². The van der Waals surface area contributed by atoms with E-state index < -0.39 is 43.2 Å². The molecule has 1 heterocycles. The van der Waals surface area contributed by atoms with E-state index in [4.69, 9.17) is 5.11 Å². The van der Waals surface area contributed by atoms with Crippen LogP contribution in [-0.2, 0) is 9.53 Å². The highest BCUT2D eigenvalue weighted by molar-refractivity contribution is 5.80. The zero-order valence-electron chi connectivity index (χ0n) is 9.31. The van der Waals surface area contributed by atoms with Gasteiger partial charge in [0.05, 0.1) is 5.92 Å². The minimum absolute atomic E-state index is 0.182. The summed E-state index contributed by atoms with van der Waals surface area (Å²) in [6, 6.07) is -1.51. The molecule has 0 unspecified atom stereocenters. The second kappa shape index (κ2) is 5.28. The summed E-state index contributed by atoms with van der Waals surface area (Å²) in [7, 11) is 0. The minimum atomic E-state index is -4.53. The number of ether oxygens (including phenoxy) is 1. The van der Waals surface area contributed by atoms with Gasteiger partial charge in [-0.05, 0) is 6.42 Å². The van der Waals surface area contributed by atoms with Gasteiger partial charge in [-0.25, -0.2) is 9.59 Å². The number of alkyl halides is 3. The molecular weight excluding hydrogens is 255 g/mol. The molecule has 102 valence electrons. The van der Waals surface area contributed by atoms with E-state index in [1.807, 2.05) is 0 Å². The van der Waals surface area contributed by atoms with Gasteiger partial charge in [0.2, 0.25) is 0 Å². The fraction of sp³-hybridized carbons (Fsp3) is 0.600. The molecule has 8 heteroatoms. The van der Waals surface area contributed by atoms with Crippen molar-refractivity contribution in [3.63, 3.8) is 0 Å². The summed E-state index contributed by atoms with van der Waals surface area (Å²) < 4.78 is 42.0. The number of halogens is 3. The van der Waals surface area contributed by atoms with Crippen LogP contribution in [0.5, 0.6) is 0 Å². The first-order valence-electron chi connectivity index (χ1n) is 5.11. The molecule has 0 radical (unpaired) electrons. The Balaban J connectivity index is 2.78. The molecule has 1 aliphatic rings. The molecule has 0 aromatic carbocycles. The average Bonchev–Trinajstić information content (AvgIpc) is 2.70. The van der Waals surface area contributed by atoms with E-state index in [0.717, 1.165) is 0 Å². The summed E-state index contributed by atoms with van der Waals surface area (Å²) >= 11 is 0. The molecule has 1 rings (SSSR count). The van der Waals surface area contributed by atoms with Crippen LogP contribution >= 0.6 is 0 Å². The van der Waals surface area contributed by atoms with Gasteiger partial charge in [-0.1, -0.05) is 12.7 Å². The van der Waals surface area contributed by atoms with Crippen LogP contribution < -0.4 is 0 Å². The zero-order valence-corrected chi connectivity index (χ0v) is 9.31. The quantitative estimate of drug-likeness (QED) is 0.789. The maximum absolute atomic E-state index is 12.5. The molecule has 1 saturated heterocycles. The number of rotatable bonds is 3. The Labute approximate surface area is 101 Å². The van der Waals surface area contributed by atoms with Crippen LogP contribution in [0.4, 0.5) is 18.0 Å². The molecule has 0 aliphatic carbocycles. The number of nitrogens with zero attached hydrogens (tertiary/aromatic N) is 1. The van der Waals surface area contributed by atoms with Crippen LogP contribution in [-0.4, -0.2) is 47.4 Å². The Morgan fingerprint density at radius 2 is 2.11 bits per heavy atom. The van der Waals surface area contributed by atoms with Crippen molar-refractivity contribution in [3.8, 4) is 0 Å². The Bertz CT molecular complexity index is 356. The second-order valence-corrected chi connectivity index (χ2v) is 3.85. The molecule has 0 spiro atoms. The third-order valence-electron chi connectivity index (χ3n) is 2.61. The maximum Gasteiger partial charge on any atom is 0.410 e. The van der Waals surface area contributed by atoms with Crippen molar-refractivity contribution >= 4 is 12.1 Å². The molecular formula is C10H12F3NO4. The van der Waals surface area contributed by atoms with Crippen LogP contribution in [0.25, 0.3) is 0 Å². The molecule has 2 atom stereocenters. The molecule has 0 saturated carbocycles. The molecule has 1 N–H and O–H groups in total.